The van der Waals surface area contributed by atoms with Crippen LogP contribution in [0.2, 0.25) is 0 Å². The number of carbonyl (C=O) groups excluding carboxylic acids is 2. The third kappa shape index (κ3) is 4.00. The molecule has 0 saturated carbocycles. The highest BCUT2D eigenvalue weighted by molar-refractivity contribution is 6.09. The molecule has 0 bridgehead atoms. The summed E-state index contributed by atoms with van der Waals surface area (Å²) in [7, 11) is 0. The number of benzene rings is 2. The maximum Gasteiger partial charge on any atom is 0.338 e. The van der Waals surface area contributed by atoms with Crippen molar-refractivity contribution in [1.29, 1.82) is 0 Å². The summed E-state index contributed by atoms with van der Waals surface area (Å²) in [5.74, 6) is -0.0116. The van der Waals surface area contributed by atoms with Crippen LogP contribution in [-0.4, -0.2) is 18.5 Å². The Bertz CT molecular complexity index is 912. The van der Waals surface area contributed by atoms with Gasteiger partial charge in [-0.15, -0.1) is 0 Å². The molecule has 2 aromatic carbocycles. The lowest BCUT2D eigenvalue weighted by molar-refractivity contribution is -0.112. The Kier molecular flexibility index (Phi) is 5.17. The van der Waals surface area contributed by atoms with E-state index in [1.807, 2.05) is 25.1 Å². The summed E-state index contributed by atoms with van der Waals surface area (Å²) in [4.78, 5) is 24.4. The van der Waals surface area contributed by atoms with Gasteiger partial charge in [-0.3, -0.25) is 4.79 Å². The summed E-state index contributed by atoms with van der Waals surface area (Å²) in [6.07, 6.45) is 4.87. The van der Waals surface area contributed by atoms with Gasteiger partial charge in [-0.05, 0) is 55.8 Å². The lowest BCUT2D eigenvalue weighted by Crippen LogP contribution is -2.14. The first-order chi connectivity index (χ1) is 12.6. The van der Waals surface area contributed by atoms with Gasteiger partial charge >= 0.3 is 5.97 Å². The van der Waals surface area contributed by atoms with Gasteiger partial charge < -0.3 is 14.8 Å². The van der Waals surface area contributed by atoms with Gasteiger partial charge in [-0.2, -0.15) is 0 Å². The zero-order chi connectivity index (χ0) is 18.5. The monoisotopic (exact) mass is 349 g/mol. The van der Waals surface area contributed by atoms with Gasteiger partial charge in [0.05, 0.1) is 18.4 Å². The number of hydrogen-bond donors (Lipinski definition) is 1. The van der Waals surface area contributed by atoms with Crippen molar-refractivity contribution in [2.45, 2.75) is 13.8 Å². The van der Waals surface area contributed by atoms with Crippen LogP contribution in [0, 0.1) is 6.92 Å². The van der Waals surface area contributed by atoms with Crippen molar-refractivity contribution in [3.8, 4) is 5.75 Å². The molecule has 1 aliphatic heterocycles. The van der Waals surface area contributed by atoms with Gasteiger partial charge in [0.15, 0.2) is 0 Å². The molecule has 3 rings (SSSR count). The number of fused-ring (bicyclic) bond motifs is 1. The molecule has 132 valence electrons. The van der Waals surface area contributed by atoms with Gasteiger partial charge in [0.2, 0.25) is 0 Å². The van der Waals surface area contributed by atoms with E-state index in [9.17, 15) is 9.59 Å². The molecule has 1 amide bonds. The fourth-order valence-corrected chi connectivity index (χ4v) is 2.54. The van der Waals surface area contributed by atoms with Gasteiger partial charge in [0, 0.05) is 16.8 Å². The van der Waals surface area contributed by atoms with Crippen molar-refractivity contribution >= 4 is 23.6 Å². The molecule has 1 heterocycles. The molecule has 5 nitrogen and oxygen atoms in total. The lowest BCUT2D eigenvalue weighted by Gasteiger charge is -2.08. The van der Waals surface area contributed by atoms with E-state index in [0.717, 1.165) is 11.1 Å². The number of carbonyl (C=O) groups is 2. The van der Waals surface area contributed by atoms with Crippen LogP contribution in [-0.2, 0) is 9.53 Å². The Morgan fingerprint density at radius 1 is 1.15 bits per heavy atom. The Labute approximate surface area is 151 Å². The van der Waals surface area contributed by atoms with E-state index in [0.29, 0.717) is 29.2 Å². The number of rotatable bonds is 4. The molecule has 26 heavy (non-hydrogen) atoms. The minimum absolute atomic E-state index is 0.292. The fraction of sp³-hybridized carbons (Fsp3) is 0.143. The number of anilines is 1. The molecular formula is C21H19NO4. The predicted molar refractivity (Wildman–Crippen MR) is 100.0 cm³/mol. The number of amides is 1. The minimum atomic E-state index is -0.421. The van der Waals surface area contributed by atoms with Crippen molar-refractivity contribution in [3.63, 3.8) is 0 Å². The van der Waals surface area contributed by atoms with E-state index in [-0.39, 0.29) is 5.91 Å². The maximum absolute atomic E-state index is 12.6. The molecule has 0 aromatic heterocycles. The molecule has 1 aliphatic rings. The van der Waals surface area contributed by atoms with Crippen LogP contribution in [0.4, 0.5) is 5.69 Å². The van der Waals surface area contributed by atoms with Gasteiger partial charge in [0.25, 0.3) is 5.91 Å². The Balaban J connectivity index is 1.81. The van der Waals surface area contributed by atoms with Crippen LogP contribution in [0.5, 0.6) is 5.75 Å². The molecule has 0 atom stereocenters. The number of hydrogen-bond acceptors (Lipinski definition) is 4. The highest BCUT2D eigenvalue weighted by atomic mass is 16.5. The van der Waals surface area contributed by atoms with E-state index in [2.05, 4.69) is 5.32 Å². The fourth-order valence-electron chi connectivity index (χ4n) is 2.54. The summed E-state index contributed by atoms with van der Waals surface area (Å²) in [6.45, 7) is 4.02. The third-order valence-corrected chi connectivity index (χ3v) is 3.82. The molecule has 0 radical (unpaired) electrons. The van der Waals surface area contributed by atoms with Crippen molar-refractivity contribution in [2.75, 3.05) is 11.9 Å². The van der Waals surface area contributed by atoms with Crippen molar-refractivity contribution < 1.29 is 19.1 Å². The van der Waals surface area contributed by atoms with E-state index in [1.165, 1.54) is 6.26 Å². The average molecular weight is 349 g/mol. The smallest absolute Gasteiger partial charge is 0.338 e. The molecule has 0 fully saturated rings. The van der Waals surface area contributed by atoms with Crippen molar-refractivity contribution in [1.82, 2.24) is 0 Å². The molecule has 0 aliphatic carbocycles. The molecule has 0 spiro atoms. The highest BCUT2D eigenvalue weighted by Gasteiger charge is 2.13. The Morgan fingerprint density at radius 2 is 2.00 bits per heavy atom. The maximum atomic E-state index is 12.6. The molecule has 5 heteroatoms. The Morgan fingerprint density at radius 3 is 2.81 bits per heavy atom. The number of ether oxygens (including phenoxy) is 2. The number of nitrogens with one attached hydrogen (secondary N) is 1. The summed E-state index contributed by atoms with van der Waals surface area (Å²) in [6, 6.07) is 12.4. The summed E-state index contributed by atoms with van der Waals surface area (Å²) < 4.78 is 10.5. The highest BCUT2D eigenvalue weighted by Crippen LogP contribution is 2.26. The van der Waals surface area contributed by atoms with Crippen LogP contribution in [0.3, 0.4) is 0 Å². The van der Waals surface area contributed by atoms with Crippen molar-refractivity contribution in [2.24, 2.45) is 0 Å². The second-order valence-electron chi connectivity index (χ2n) is 5.82. The lowest BCUT2D eigenvalue weighted by atomic mass is 10.1. The summed E-state index contributed by atoms with van der Waals surface area (Å²) >= 11 is 0. The molecule has 1 N–H and O–H groups in total. The summed E-state index contributed by atoms with van der Waals surface area (Å²) in [5.41, 5.74) is 3.26. The average Bonchev–Trinajstić information content (AvgIpc) is 2.84. The molecular weight excluding hydrogens is 330 g/mol. The number of esters is 1. The summed E-state index contributed by atoms with van der Waals surface area (Å²) in [5, 5.41) is 2.80. The van der Waals surface area contributed by atoms with Crippen molar-refractivity contribution in [3.05, 3.63) is 77.1 Å². The first kappa shape index (κ1) is 17.5. The van der Waals surface area contributed by atoms with Crippen LogP contribution in [0.15, 0.2) is 60.4 Å². The van der Waals surface area contributed by atoms with Crippen LogP contribution < -0.4 is 10.1 Å². The Hall–Kier alpha value is -3.34. The second kappa shape index (κ2) is 7.70. The van der Waals surface area contributed by atoms with E-state index in [4.69, 9.17) is 9.47 Å². The van der Waals surface area contributed by atoms with Gasteiger partial charge in [-0.1, -0.05) is 18.2 Å². The normalized spacial score (nSPS) is 12.3. The largest absolute Gasteiger partial charge is 0.464 e. The van der Waals surface area contributed by atoms with E-state index >= 15 is 0 Å². The molecule has 0 unspecified atom stereocenters. The van der Waals surface area contributed by atoms with Crippen LogP contribution in [0.25, 0.3) is 6.08 Å². The zero-order valence-electron chi connectivity index (χ0n) is 14.6. The molecule has 2 aromatic rings. The topological polar surface area (TPSA) is 64.6 Å². The standard InChI is InChI=1S/C21H19NO4/c1-3-25-21(24)17-5-4-6-18(13-17)22-20(23)16-9-10-26-19-11-14(2)7-8-15(19)12-16/h4-13H,3H2,1-2H3,(H,22,23). The third-order valence-electron chi connectivity index (χ3n) is 3.82. The quantitative estimate of drug-likeness (QED) is 0.844. The van der Waals surface area contributed by atoms with Gasteiger partial charge in [-0.25, -0.2) is 4.79 Å². The van der Waals surface area contributed by atoms with E-state index < -0.39 is 5.97 Å². The SMILES string of the molecule is CCOC(=O)c1cccc(NC(=O)C2=Cc3ccc(C)cc3OC=C2)c1. The minimum Gasteiger partial charge on any atom is -0.464 e. The van der Waals surface area contributed by atoms with Gasteiger partial charge in [0.1, 0.15) is 5.75 Å². The first-order valence-electron chi connectivity index (χ1n) is 8.31. The molecule has 0 saturated heterocycles. The predicted octanol–water partition coefficient (Wildman–Crippen LogP) is 4.10. The number of aryl methyl sites for hydroxylation is 1. The first-order valence-corrected chi connectivity index (χ1v) is 8.31. The second-order valence-corrected chi connectivity index (χ2v) is 5.82. The zero-order valence-corrected chi connectivity index (χ0v) is 14.6. The van der Waals surface area contributed by atoms with Crippen LogP contribution >= 0.6 is 0 Å². The van der Waals surface area contributed by atoms with E-state index in [1.54, 1.807) is 43.3 Å². The van der Waals surface area contributed by atoms with Crippen LogP contribution in [0.1, 0.15) is 28.4 Å².